The zero-order valence-corrected chi connectivity index (χ0v) is 11.7. The molecule has 1 aromatic carbocycles. The molecule has 0 saturated carbocycles. The highest BCUT2D eigenvalue weighted by atomic mass is 16.6. The van der Waals surface area contributed by atoms with Gasteiger partial charge in [-0.25, -0.2) is 0 Å². The normalized spacial score (nSPS) is 22.1. The number of nitrogens with one attached hydrogen (secondary N) is 1. The van der Waals surface area contributed by atoms with E-state index in [0.717, 1.165) is 37.4 Å². The summed E-state index contributed by atoms with van der Waals surface area (Å²) in [7, 11) is 4.22. The fourth-order valence-electron chi connectivity index (χ4n) is 3.02. The summed E-state index contributed by atoms with van der Waals surface area (Å²) >= 11 is 0. The number of hydrogen-bond acceptors (Lipinski definition) is 4. The van der Waals surface area contributed by atoms with Crippen molar-refractivity contribution in [1.82, 2.24) is 10.2 Å². The Morgan fingerprint density at radius 2 is 2.00 bits per heavy atom. The van der Waals surface area contributed by atoms with Gasteiger partial charge in [0.25, 0.3) is 0 Å². The Labute approximate surface area is 114 Å². The molecule has 0 saturated heterocycles. The standard InChI is InChI=1S/C15H22N2O2/c1-16-5-3-13-12-10-15-14(18-7-8-19-15)9-11(12)4-6-17(13)2/h9-10,13,16H,3-8H2,1-2H3. The minimum absolute atomic E-state index is 0.479. The van der Waals surface area contributed by atoms with Gasteiger partial charge in [0.05, 0.1) is 0 Å². The van der Waals surface area contributed by atoms with Gasteiger partial charge in [-0.3, -0.25) is 4.90 Å². The predicted octanol–water partition coefficient (Wildman–Crippen LogP) is 1.60. The number of rotatable bonds is 3. The highest BCUT2D eigenvalue weighted by molar-refractivity contribution is 5.50. The van der Waals surface area contributed by atoms with Crippen LogP contribution in [0.25, 0.3) is 0 Å². The van der Waals surface area contributed by atoms with Crippen molar-refractivity contribution in [1.29, 1.82) is 0 Å². The Hall–Kier alpha value is -1.26. The average Bonchev–Trinajstić information content (AvgIpc) is 2.44. The zero-order chi connectivity index (χ0) is 13.2. The molecule has 0 bridgehead atoms. The Kier molecular flexibility index (Phi) is 3.62. The number of fused-ring (bicyclic) bond motifs is 2. The first kappa shape index (κ1) is 12.8. The van der Waals surface area contributed by atoms with E-state index in [0.29, 0.717) is 19.3 Å². The Morgan fingerprint density at radius 3 is 2.74 bits per heavy atom. The molecular weight excluding hydrogens is 240 g/mol. The second-order valence-corrected chi connectivity index (χ2v) is 5.33. The van der Waals surface area contributed by atoms with Crippen LogP contribution >= 0.6 is 0 Å². The molecule has 1 unspecified atom stereocenters. The zero-order valence-electron chi connectivity index (χ0n) is 11.7. The molecular formula is C15H22N2O2. The number of nitrogens with zero attached hydrogens (tertiary/aromatic N) is 1. The van der Waals surface area contributed by atoms with Crippen molar-refractivity contribution in [3.05, 3.63) is 23.3 Å². The number of likely N-dealkylation sites (N-methyl/N-ethyl adjacent to an activating group) is 1. The summed E-state index contributed by atoms with van der Waals surface area (Å²) in [5, 5.41) is 3.25. The van der Waals surface area contributed by atoms with Crippen molar-refractivity contribution in [2.24, 2.45) is 0 Å². The van der Waals surface area contributed by atoms with E-state index in [1.807, 2.05) is 7.05 Å². The average molecular weight is 262 g/mol. The molecule has 4 heteroatoms. The minimum atomic E-state index is 0.479. The van der Waals surface area contributed by atoms with Gasteiger partial charge >= 0.3 is 0 Å². The van der Waals surface area contributed by atoms with E-state index in [1.165, 1.54) is 11.1 Å². The molecule has 0 radical (unpaired) electrons. The number of benzene rings is 1. The second-order valence-electron chi connectivity index (χ2n) is 5.33. The first-order chi connectivity index (χ1) is 9.29. The van der Waals surface area contributed by atoms with E-state index in [9.17, 15) is 0 Å². The lowest BCUT2D eigenvalue weighted by atomic mass is 9.90. The molecule has 0 amide bonds. The van der Waals surface area contributed by atoms with Crippen molar-refractivity contribution in [2.75, 3.05) is 40.4 Å². The maximum Gasteiger partial charge on any atom is 0.161 e. The molecule has 104 valence electrons. The fourth-order valence-corrected chi connectivity index (χ4v) is 3.02. The molecule has 1 atom stereocenters. The number of ether oxygens (including phenoxy) is 2. The Bertz CT molecular complexity index is 462. The van der Waals surface area contributed by atoms with E-state index < -0.39 is 0 Å². The molecule has 1 aromatic rings. The first-order valence-corrected chi connectivity index (χ1v) is 7.07. The van der Waals surface area contributed by atoms with Gasteiger partial charge in [0.1, 0.15) is 13.2 Å². The van der Waals surface area contributed by atoms with Gasteiger partial charge in [0.2, 0.25) is 0 Å². The van der Waals surface area contributed by atoms with Crippen LogP contribution < -0.4 is 14.8 Å². The maximum atomic E-state index is 5.72. The van der Waals surface area contributed by atoms with Crippen molar-refractivity contribution in [3.8, 4) is 11.5 Å². The van der Waals surface area contributed by atoms with Crippen LogP contribution in [0.3, 0.4) is 0 Å². The third kappa shape index (κ3) is 2.42. The van der Waals surface area contributed by atoms with Gasteiger partial charge in [0, 0.05) is 12.6 Å². The lowest BCUT2D eigenvalue weighted by Crippen LogP contribution is -2.34. The van der Waals surface area contributed by atoms with Crippen molar-refractivity contribution >= 4 is 0 Å². The third-order valence-electron chi connectivity index (χ3n) is 4.10. The summed E-state index contributed by atoms with van der Waals surface area (Å²) in [5.74, 6) is 1.83. The van der Waals surface area contributed by atoms with Crippen molar-refractivity contribution < 1.29 is 9.47 Å². The fraction of sp³-hybridized carbons (Fsp3) is 0.600. The predicted molar refractivity (Wildman–Crippen MR) is 75.1 cm³/mol. The van der Waals surface area contributed by atoms with E-state index in [-0.39, 0.29) is 0 Å². The van der Waals surface area contributed by atoms with Gasteiger partial charge in [-0.2, -0.15) is 0 Å². The molecule has 4 nitrogen and oxygen atoms in total. The molecule has 0 aliphatic carbocycles. The number of hydrogen-bond donors (Lipinski definition) is 1. The quantitative estimate of drug-likeness (QED) is 0.897. The van der Waals surface area contributed by atoms with Crippen LogP contribution in [0.1, 0.15) is 23.6 Å². The molecule has 2 aliphatic heterocycles. The summed E-state index contributed by atoms with van der Waals surface area (Å²) < 4.78 is 11.4. The third-order valence-corrected chi connectivity index (χ3v) is 4.10. The molecule has 19 heavy (non-hydrogen) atoms. The molecule has 2 aliphatic rings. The van der Waals surface area contributed by atoms with Gasteiger partial charge in [0.15, 0.2) is 11.5 Å². The maximum absolute atomic E-state index is 5.72. The molecule has 1 N–H and O–H groups in total. The highest BCUT2D eigenvalue weighted by Gasteiger charge is 2.27. The summed E-state index contributed by atoms with van der Waals surface area (Å²) in [6.45, 7) is 3.46. The largest absolute Gasteiger partial charge is 0.486 e. The summed E-state index contributed by atoms with van der Waals surface area (Å²) in [6, 6.07) is 4.86. The van der Waals surface area contributed by atoms with Gasteiger partial charge in [-0.05, 0) is 56.7 Å². The minimum Gasteiger partial charge on any atom is -0.486 e. The van der Waals surface area contributed by atoms with E-state index in [1.54, 1.807) is 0 Å². The lowest BCUT2D eigenvalue weighted by molar-refractivity contribution is 0.168. The monoisotopic (exact) mass is 262 g/mol. The molecule has 2 heterocycles. The van der Waals surface area contributed by atoms with Gasteiger partial charge in [-0.15, -0.1) is 0 Å². The van der Waals surface area contributed by atoms with Crippen LogP contribution in [-0.2, 0) is 6.42 Å². The Morgan fingerprint density at radius 1 is 1.26 bits per heavy atom. The first-order valence-electron chi connectivity index (χ1n) is 7.07. The van der Waals surface area contributed by atoms with Crippen molar-refractivity contribution in [2.45, 2.75) is 18.9 Å². The topological polar surface area (TPSA) is 33.7 Å². The van der Waals surface area contributed by atoms with Crippen molar-refractivity contribution in [3.63, 3.8) is 0 Å². The van der Waals surface area contributed by atoms with Crippen LogP contribution in [0.5, 0.6) is 11.5 Å². The second kappa shape index (κ2) is 5.39. The SMILES string of the molecule is CNCCC1c2cc3c(cc2CCN1C)OCCO3. The van der Waals surface area contributed by atoms with E-state index >= 15 is 0 Å². The smallest absolute Gasteiger partial charge is 0.161 e. The van der Waals surface area contributed by atoms with Crippen LogP contribution in [-0.4, -0.2) is 45.3 Å². The van der Waals surface area contributed by atoms with E-state index in [2.05, 4.69) is 29.4 Å². The van der Waals surface area contributed by atoms with Crippen LogP contribution in [0.4, 0.5) is 0 Å². The van der Waals surface area contributed by atoms with Gasteiger partial charge in [-0.1, -0.05) is 0 Å². The van der Waals surface area contributed by atoms with Gasteiger partial charge < -0.3 is 14.8 Å². The lowest BCUT2D eigenvalue weighted by Gasteiger charge is -2.35. The Balaban J connectivity index is 1.94. The molecule has 3 rings (SSSR count). The summed E-state index contributed by atoms with van der Waals surface area (Å²) in [4.78, 5) is 2.44. The van der Waals surface area contributed by atoms with E-state index in [4.69, 9.17) is 9.47 Å². The highest BCUT2D eigenvalue weighted by Crippen LogP contribution is 2.39. The molecule has 0 fully saturated rings. The molecule has 0 spiro atoms. The molecule has 0 aromatic heterocycles. The summed E-state index contributed by atoms with van der Waals surface area (Å²) in [5.41, 5.74) is 2.83. The summed E-state index contributed by atoms with van der Waals surface area (Å²) in [6.07, 6.45) is 2.22. The van der Waals surface area contributed by atoms with Crippen LogP contribution in [0.15, 0.2) is 12.1 Å². The van der Waals surface area contributed by atoms with Crippen LogP contribution in [0, 0.1) is 0 Å². The van der Waals surface area contributed by atoms with Crippen LogP contribution in [0.2, 0.25) is 0 Å².